The van der Waals surface area contributed by atoms with E-state index in [0.717, 1.165) is 39.5 Å². The minimum absolute atomic E-state index is 0.653. The Labute approximate surface area is 169 Å². The van der Waals surface area contributed by atoms with Crippen molar-refractivity contribution >= 4 is 16.7 Å². The Kier molecular flexibility index (Phi) is 5.42. The SMILES string of the molecule is COc1ccc(CNc2ncnc3cc(Oc4ccc(OC)cc4)ccc23)cc1. The van der Waals surface area contributed by atoms with Crippen LogP contribution in [0.1, 0.15) is 5.56 Å². The smallest absolute Gasteiger partial charge is 0.137 e. The summed E-state index contributed by atoms with van der Waals surface area (Å²) in [6.07, 6.45) is 1.55. The molecule has 146 valence electrons. The van der Waals surface area contributed by atoms with E-state index in [1.165, 1.54) is 0 Å². The second-order valence-corrected chi connectivity index (χ2v) is 6.38. The Balaban J connectivity index is 1.50. The molecule has 6 heteroatoms. The summed E-state index contributed by atoms with van der Waals surface area (Å²) in [5, 5.41) is 4.31. The van der Waals surface area contributed by atoms with Gasteiger partial charge >= 0.3 is 0 Å². The van der Waals surface area contributed by atoms with Gasteiger partial charge in [-0.05, 0) is 54.1 Å². The van der Waals surface area contributed by atoms with Crippen molar-refractivity contribution in [1.82, 2.24) is 9.97 Å². The van der Waals surface area contributed by atoms with E-state index in [2.05, 4.69) is 15.3 Å². The van der Waals surface area contributed by atoms with Crippen LogP contribution in [0.3, 0.4) is 0 Å². The average Bonchev–Trinajstić information content (AvgIpc) is 2.78. The van der Waals surface area contributed by atoms with Crippen LogP contribution in [0.4, 0.5) is 5.82 Å². The number of fused-ring (bicyclic) bond motifs is 1. The van der Waals surface area contributed by atoms with Crippen LogP contribution in [0.5, 0.6) is 23.0 Å². The standard InChI is InChI=1S/C23H21N3O3/c1-27-17-5-3-16(4-6-17)14-24-23-21-12-11-20(13-22(21)25-15-26-23)29-19-9-7-18(28-2)8-10-19/h3-13,15H,14H2,1-2H3,(H,24,25,26). The zero-order valence-electron chi connectivity index (χ0n) is 16.3. The molecule has 1 aromatic heterocycles. The highest BCUT2D eigenvalue weighted by Crippen LogP contribution is 2.28. The van der Waals surface area contributed by atoms with Gasteiger partial charge in [-0.3, -0.25) is 0 Å². The van der Waals surface area contributed by atoms with Gasteiger partial charge in [0.25, 0.3) is 0 Å². The summed E-state index contributed by atoms with van der Waals surface area (Å²) in [5.74, 6) is 3.85. The molecule has 4 rings (SSSR count). The van der Waals surface area contributed by atoms with Gasteiger partial charge in [-0.2, -0.15) is 0 Å². The monoisotopic (exact) mass is 387 g/mol. The van der Waals surface area contributed by atoms with Crippen LogP contribution >= 0.6 is 0 Å². The highest BCUT2D eigenvalue weighted by molar-refractivity contribution is 5.89. The molecule has 0 atom stereocenters. The van der Waals surface area contributed by atoms with Crippen LogP contribution in [0, 0.1) is 0 Å². The van der Waals surface area contributed by atoms with E-state index in [0.29, 0.717) is 12.3 Å². The molecule has 0 radical (unpaired) electrons. The maximum atomic E-state index is 5.93. The second-order valence-electron chi connectivity index (χ2n) is 6.38. The Morgan fingerprint density at radius 2 is 1.34 bits per heavy atom. The van der Waals surface area contributed by atoms with E-state index in [1.54, 1.807) is 20.5 Å². The van der Waals surface area contributed by atoms with Crippen molar-refractivity contribution in [1.29, 1.82) is 0 Å². The van der Waals surface area contributed by atoms with E-state index in [1.807, 2.05) is 66.7 Å². The van der Waals surface area contributed by atoms with E-state index >= 15 is 0 Å². The van der Waals surface area contributed by atoms with Crippen LogP contribution in [0.15, 0.2) is 73.1 Å². The molecule has 4 aromatic rings. The molecule has 0 saturated heterocycles. The largest absolute Gasteiger partial charge is 0.497 e. The number of methoxy groups -OCH3 is 2. The van der Waals surface area contributed by atoms with Crippen molar-refractivity contribution in [2.45, 2.75) is 6.54 Å². The van der Waals surface area contributed by atoms with Gasteiger partial charge in [-0.1, -0.05) is 12.1 Å². The van der Waals surface area contributed by atoms with Gasteiger partial charge < -0.3 is 19.5 Å². The van der Waals surface area contributed by atoms with Crippen molar-refractivity contribution in [2.75, 3.05) is 19.5 Å². The highest BCUT2D eigenvalue weighted by atomic mass is 16.5. The number of hydrogen-bond acceptors (Lipinski definition) is 6. The molecule has 0 fully saturated rings. The minimum Gasteiger partial charge on any atom is -0.497 e. The summed E-state index contributed by atoms with van der Waals surface area (Å²) in [5.41, 5.74) is 1.94. The molecule has 0 aliphatic heterocycles. The van der Waals surface area contributed by atoms with E-state index in [-0.39, 0.29) is 0 Å². The molecule has 29 heavy (non-hydrogen) atoms. The van der Waals surface area contributed by atoms with Crippen molar-refractivity contribution in [3.63, 3.8) is 0 Å². The van der Waals surface area contributed by atoms with Crippen LogP contribution in [0.2, 0.25) is 0 Å². The first-order valence-corrected chi connectivity index (χ1v) is 9.18. The predicted octanol–water partition coefficient (Wildman–Crippen LogP) is 5.05. The van der Waals surface area contributed by atoms with E-state index in [4.69, 9.17) is 14.2 Å². The summed E-state index contributed by atoms with van der Waals surface area (Å²) in [6.45, 7) is 0.653. The molecule has 6 nitrogen and oxygen atoms in total. The van der Waals surface area contributed by atoms with Gasteiger partial charge in [0.1, 0.15) is 35.1 Å². The quantitative estimate of drug-likeness (QED) is 0.479. The van der Waals surface area contributed by atoms with E-state index in [9.17, 15) is 0 Å². The lowest BCUT2D eigenvalue weighted by Gasteiger charge is -2.11. The summed E-state index contributed by atoms with van der Waals surface area (Å²) < 4.78 is 16.3. The van der Waals surface area contributed by atoms with Crippen LogP contribution in [-0.4, -0.2) is 24.2 Å². The average molecular weight is 387 g/mol. The zero-order chi connectivity index (χ0) is 20.1. The lowest BCUT2D eigenvalue weighted by Crippen LogP contribution is -2.02. The Morgan fingerprint density at radius 3 is 2.03 bits per heavy atom. The van der Waals surface area contributed by atoms with Crippen LogP contribution < -0.4 is 19.5 Å². The molecule has 1 N–H and O–H groups in total. The fraction of sp³-hybridized carbons (Fsp3) is 0.130. The van der Waals surface area contributed by atoms with Crippen molar-refractivity contribution in [3.8, 4) is 23.0 Å². The minimum atomic E-state index is 0.653. The first kappa shape index (κ1) is 18.6. The van der Waals surface area contributed by atoms with Gasteiger partial charge in [0.05, 0.1) is 19.7 Å². The lowest BCUT2D eigenvalue weighted by atomic mass is 10.2. The number of nitrogens with one attached hydrogen (secondary N) is 1. The van der Waals surface area contributed by atoms with Gasteiger partial charge in [-0.25, -0.2) is 9.97 Å². The molecule has 0 spiro atoms. The molecule has 0 amide bonds. The molecule has 3 aromatic carbocycles. The van der Waals surface area contributed by atoms with Crippen LogP contribution in [0.25, 0.3) is 10.9 Å². The third kappa shape index (κ3) is 4.38. The van der Waals surface area contributed by atoms with Gasteiger partial charge in [0.15, 0.2) is 0 Å². The fourth-order valence-electron chi connectivity index (χ4n) is 2.95. The molecular weight excluding hydrogens is 366 g/mol. The summed E-state index contributed by atoms with van der Waals surface area (Å²) >= 11 is 0. The second kappa shape index (κ2) is 8.48. The van der Waals surface area contributed by atoms with E-state index < -0.39 is 0 Å². The third-order valence-corrected chi connectivity index (χ3v) is 4.52. The summed E-state index contributed by atoms with van der Waals surface area (Å²) in [4.78, 5) is 8.77. The highest BCUT2D eigenvalue weighted by Gasteiger charge is 2.06. The Hall–Kier alpha value is -3.80. The molecule has 1 heterocycles. The third-order valence-electron chi connectivity index (χ3n) is 4.52. The first-order valence-electron chi connectivity index (χ1n) is 9.18. The summed E-state index contributed by atoms with van der Waals surface area (Å²) in [7, 11) is 3.30. The lowest BCUT2D eigenvalue weighted by molar-refractivity contribution is 0.413. The van der Waals surface area contributed by atoms with Gasteiger partial charge in [-0.15, -0.1) is 0 Å². The molecule has 0 aliphatic carbocycles. The predicted molar refractivity (Wildman–Crippen MR) is 113 cm³/mol. The van der Waals surface area contributed by atoms with Crippen LogP contribution in [-0.2, 0) is 6.54 Å². The first-order chi connectivity index (χ1) is 14.2. The number of ether oxygens (including phenoxy) is 3. The van der Waals surface area contributed by atoms with Crippen molar-refractivity contribution in [3.05, 3.63) is 78.6 Å². The molecule has 0 saturated carbocycles. The molecule has 0 unspecified atom stereocenters. The maximum Gasteiger partial charge on any atom is 0.137 e. The number of benzene rings is 3. The van der Waals surface area contributed by atoms with Gasteiger partial charge in [0.2, 0.25) is 0 Å². The number of nitrogens with zero attached hydrogens (tertiary/aromatic N) is 2. The molecule has 0 aliphatic rings. The normalized spacial score (nSPS) is 10.6. The summed E-state index contributed by atoms with van der Waals surface area (Å²) in [6, 6.07) is 21.2. The fourth-order valence-corrected chi connectivity index (χ4v) is 2.95. The molecule has 0 bridgehead atoms. The zero-order valence-corrected chi connectivity index (χ0v) is 16.3. The number of hydrogen-bond donors (Lipinski definition) is 1. The Morgan fingerprint density at radius 1 is 0.724 bits per heavy atom. The Bertz CT molecular complexity index is 1100. The topological polar surface area (TPSA) is 65.5 Å². The number of rotatable bonds is 7. The van der Waals surface area contributed by atoms with Gasteiger partial charge in [0, 0.05) is 18.0 Å². The number of anilines is 1. The van der Waals surface area contributed by atoms with Crippen molar-refractivity contribution < 1.29 is 14.2 Å². The number of aromatic nitrogens is 2. The molecular formula is C23H21N3O3. The van der Waals surface area contributed by atoms with Crippen molar-refractivity contribution in [2.24, 2.45) is 0 Å². The maximum absolute atomic E-state index is 5.93.